The molecule has 0 aliphatic carbocycles. The molecule has 0 aliphatic heterocycles. The molecular weight excluding hydrogens is 869 g/mol. The molecule has 338 valence electrons. The first-order valence-corrected chi connectivity index (χ1v) is 24.7. The summed E-state index contributed by atoms with van der Waals surface area (Å²) in [4.78, 5) is 2.40. The van der Waals surface area contributed by atoms with Crippen LogP contribution in [0, 0.1) is 0 Å². The zero-order valence-corrected chi connectivity index (χ0v) is 39.6. The Balaban J connectivity index is 0.952. The molecule has 13 aromatic rings. The molecule has 12 aromatic carbocycles. The van der Waals surface area contributed by atoms with Crippen molar-refractivity contribution in [2.45, 2.75) is 0 Å². The molecule has 0 aliphatic rings. The zero-order valence-electron chi connectivity index (χ0n) is 39.6. The number of fused-ring (bicyclic) bond motifs is 5. The Morgan fingerprint density at radius 2 is 0.653 bits per heavy atom. The molecule has 0 N–H and O–H groups in total. The van der Waals surface area contributed by atoms with Crippen LogP contribution in [0.1, 0.15) is 0 Å². The lowest BCUT2D eigenvalue weighted by Crippen LogP contribution is -2.10. The van der Waals surface area contributed by atoms with E-state index in [1.54, 1.807) is 0 Å². The number of aromatic nitrogens is 1. The normalized spacial score (nSPS) is 11.3. The zero-order chi connectivity index (χ0) is 47.8. The largest absolute Gasteiger partial charge is 0.310 e. The van der Waals surface area contributed by atoms with Crippen molar-refractivity contribution in [1.29, 1.82) is 0 Å². The molecule has 0 amide bonds. The van der Waals surface area contributed by atoms with E-state index in [0.717, 1.165) is 33.9 Å². The number of anilines is 3. The van der Waals surface area contributed by atoms with Gasteiger partial charge in [0, 0.05) is 38.9 Å². The van der Waals surface area contributed by atoms with Crippen molar-refractivity contribution in [2.75, 3.05) is 4.90 Å². The molecule has 0 radical (unpaired) electrons. The summed E-state index contributed by atoms with van der Waals surface area (Å²) in [5, 5.41) is 4.91. The van der Waals surface area contributed by atoms with E-state index in [4.69, 9.17) is 0 Å². The summed E-state index contributed by atoms with van der Waals surface area (Å²) in [6.07, 6.45) is 0. The Hall–Kier alpha value is -9.50. The van der Waals surface area contributed by atoms with Crippen LogP contribution in [0.4, 0.5) is 17.1 Å². The van der Waals surface area contributed by atoms with Crippen LogP contribution in [-0.4, -0.2) is 4.57 Å². The second-order valence-corrected chi connectivity index (χ2v) is 18.5. The molecule has 0 spiro atoms. The lowest BCUT2D eigenvalue weighted by atomic mass is 9.93. The van der Waals surface area contributed by atoms with Crippen LogP contribution >= 0.6 is 0 Å². The third-order valence-corrected chi connectivity index (χ3v) is 14.1. The summed E-state index contributed by atoms with van der Waals surface area (Å²) in [6.45, 7) is 0. The highest BCUT2D eigenvalue weighted by molar-refractivity contribution is 6.24. The summed E-state index contributed by atoms with van der Waals surface area (Å²) in [6, 6.07) is 106. The predicted molar refractivity (Wildman–Crippen MR) is 306 cm³/mol. The molecule has 72 heavy (non-hydrogen) atoms. The number of para-hydroxylation sites is 2. The van der Waals surface area contributed by atoms with Gasteiger partial charge in [0.15, 0.2) is 0 Å². The Morgan fingerprint density at radius 3 is 1.19 bits per heavy atom. The van der Waals surface area contributed by atoms with E-state index in [1.165, 1.54) is 88.2 Å². The van der Waals surface area contributed by atoms with Gasteiger partial charge in [-0.05, 0) is 151 Å². The molecule has 0 atom stereocenters. The van der Waals surface area contributed by atoms with Gasteiger partial charge >= 0.3 is 0 Å². The van der Waals surface area contributed by atoms with Crippen molar-refractivity contribution in [1.82, 2.24) is 4.57 Å². The maximum Gasteiger partial charge on any atom is 0.0625 e. The number of hydrogen-bond donors (Lipinski definition) is 0. The number of benzene rings is 12. The second-order valence-electron chi connectivity index (χ2n) is 18.5. The standard InChI is InChI=1S/C70H48N2/c1-5-18-49(19-6-1)52-32-34-53(35-33-52)54-36-40-62(41-37-54)71(63-42-38-55(39-43-63)60-45-58(50-20-7-2-8-21-50)44-59(46-60)51-22-9-3-10-23-51)64-28-17-25-56(47-64)67-48-57-24-13-14-29-65(57)70-69(67)66-30-15-16-31-68(66)72(70)61-26-11-4-12-27-61/h1-48H. The van der Waals surface area contributed by atoms with Crippen molar-refractivity contribution in [3.63, 3.8) is 0 Å². The monoisotopic (exact) mass is 916 g/mol. The average Bonchev–Trinajstić information content (AvgIpc) is 3.82. The van der Waals surface area contributed by atoms with Crippen molar-refractivity contribution >= 4 is 49.6 Å². The minimum Gasteiger partial charge on any atom is -0.310 e. The van der Waals surface area contributed by atoms with E-state index in [0.29, 0.717) is 0 Å². The molecule has 2 heteroatoms. The van der Waals surface area contributed by atoms with E-state index in [1.807, 2.05) is 0 Å². The number of hydrogen-bond acceptors (Lipinski definition) is 1. The average molecular weight is 917 g/mol. The highest BCUT2D eigenvalue weighted by atomic mass is 15.1. The fourth-order valence-electron chi connectivity index (χ4n) is 10.6. The van der Waals surface area contributed by atoms with Crippen molar-refractivity contribution < 1.29 is 0 Å². The topological polar surface area (TPSA) is 8.17 Å². The first-order chi connectivity index (χ1) is 35.7. The van der Waals surface area contributed by atoms with E-state index in [9.17, 15) is 0 Å². The van der Waals surface area contributed by atoms with Crippen LogP contribution in [0.25, 0.3) is 105 Å². The minimum atomic E-state index is 1.07. The molecule has 0 fully saturated rings. The SMILES string of the molecule is c1ccc(-c2ccc(-c3ccc(N(c4ccc(-c5cc(-c6ccccc6)cc(-c6ccccc6)c5)cc4)c4cccc(-c5cc6ccccc6c6c5c5ccccc5n6-c5ccccc5)c4)cc3)cc2)cc1. The maximum absolute atomic E-state index is 2.45. The summed E-state index contributed by atoms with van der Waals surface area (Å²) in [7, 11) is 0. The Kier molecular flexibility index (Phi) is 10.9. The lowest BCUT2D eigenvalue weighted by Gasteiger charge is -2.26. The van der Waals surface area contributed by atoms with Gasteiger partial charge in [0.25, 0.3) is 0 Å². The fraction of sp³-hybridized carbons (Fsp3) is 0. The van der Waals surface area contributed by atoms with Gasteiger partial charge in [0.1, 0.15) is 0 Å². The molecule has 0 bridgehead atoms. The van der Waals surface area contributed by atoms with Gasteiger partial charge in [-0.3, -0.25) is 0 Å². The minimum absolute atomic E-state index is 1.07. The molecule has 1 aromatic heterocycles. The van der Waals surface area contributed by atoms with E-state index >= 15 is 0 Å². The smallest absolute Gasteiger partial charge is 0.0625 e. The van der Waals surface area contributed by atoms with Crippen LogP contribution < -0.4 is 4.90 Å². The van der Waals surface area contributed by atoms with Crippen molar-refractivity contribution in [3.05, 3.63) is 291 Å². The third kappa shape index (κ3) is 7.92. The first-order valence-electron chi connectivity index (χ1n) is 24.7. The summed E-state index contributed by atoms with van der Waals surface area (Å²) in [5.41, 5.74) is 21.0. The van der Waals surface area contributed by atoms with Gasteiger partial charge in [-0.25, -0.2) is 0 Å². The molecule has 0 saturated heterocycles. The van der Waals surface area contributed by atoms with E-state index in [-0.39, 0.29) is 0 Å². The summed E-state index contributed by atoms with van der Waals surface area (Å²) >= 11 is 0. The highest BCUT2D eigenvalue weighted by Gasteiger charge is 2.21. The van der Waals surface area contributed by atoms with Crippen LogP contribution in [0.2, 0.25) is 0 Å². The van der Waals surface area contributed by atoms with Gasteiger partial charge in [-0.1, -0.05) is 212 Å². The number of nitrogens with zero attached hydrogens (tertiary/aromatic N) is 2. The van der Waals surface area contributed by atoms with Gasteiger partial charge in [0.2, 0.25) is 0 Å². The molecule has 2 nitrogen and oxygen atoms in total. The molecule has 13 rings (SSSR count). The first kappa shape index (κ1) is 42.6. The fourth-order valence-corrected chi connectivity index (χ4v) is 10.6. The second kappa shape index (κ2) is 18.4. The van der Waals surface area contributed by atoms with Crippen molar-refractivity contribution in [3.8, 4) is 72.4 Å². The van der Waals surface area contributed by atoms with Gasteiger partial charge in [-0.2, -0.15) is 0 Å². The van der Waals surface area contributed by atoms with Crippen molar-refractivity contribution in [2.24, 2.45) is 0 Å². The van der Waals surface area contributed by atoms with Crippen LogP contribution in [0.15, 0.2) is 291 Å². The van der Waals surface area contributed by atoms with Gasteiger partial charge in [0.05, 0.1) is 11.0 Å². The quantitative estimate of drug-likeness (QED) is 0.133. The number of rotatable bonds is 10. The molecule has 1 heterocycles. The maximum atomic E-state index is 2.45. The van der Waals surface area contributed by atoms with Crippen LogP contribution in [0.5, 0.6) is 0 Å². The van der Waals surface area contributed by atoms with Gasteiger partial charge in [-0.15, -0.1) is 0 Å². The Morgan fingerprint density at radius 1 is 0.250 bits per heavy atom. The van der Waals surface area contributed by atoms with Crippen LogP contribution in [-0.2, 0) is 0 Å². The third-order valence-electron chi connectivity index (χ3n) is 14.1. The molecular formula is C70H48N2. The predicted octanol–water partition coefficient (Wildman–Crippen LogP) is 19.4. The Labute approximate surface area is 420 Å². The molecule has 0 unspecified atom stereocenters. The summed E-state index contributed by atoms with van der Waals surface area (Å²) < 4.78 is 2.45. The highest BCUT2D eigenvalue weighted by Crippen LogP contribution is 2.45. The van der Waals surface area contributed by atoms with Gasteiger partial charge < -0.3 is 9.47 Å². The lowest BCUT2D eigenvalue weighted by molar-refractivity contribution is 1.19. The molecule has 0 saturated carbocycles. The summed E-state index contributed by atoms with van der Waals surface area (Å²) in [5.74, 6) is 0. The van der Waals surface area contributed by atoms with E-state index < -0.39 is 0 Å². The van der Waals surface area contributed by atoms with E-state index in [2.05, 4.69) is 301 Å². The van der Waals surface area contributed by atoms with Crippen LogP contribution in [0.3, 0.4) is 0 Å². The Bertz CT molecular complexity index is 3970.